The molecule has 0 bridgehead atoms. The molecule has 1 rings (SSSR count). The number of rotatable bonds is 2. The van der Waals surface area contributed by atoms with E-state index in [2.05, 4.69) is 20.8 Å². The Morgan fingerprint density at radius 3 is 2.42 bits per heavy atom. The van der Waals surface area contributed by atoms with E-state index in [1.165, 1.54) is 6.42 Å². The van der Waals surface area contributed by atoms with Gasteiger partial charge in [-0.05, 0) is 30.1 Å². The highest BCUT2D eigenvalue weighted by Gasteiger charge is 2.40. The van der Waals surface area contributed by atoms with Crippen LogP contribution in [0, 0.1) is 17.3 Å². The molecule has 1 aliphatic rings. The predicted octanol–water partition coefficient (Wildman–Crippen LogP) is 2.53. The Bertz CT molecular complexity index is 184. The van der Waals surface area contributed by atoms with E-state index in [-0.39, 0.29) is 5.41 Å². The summed E-state index contributed by atoms with van der Waals surface area (Å²) in [5, 5.41) is 8.69. The van der Waals surface area contributed by atoms with Crippen molar-refractivity contribution in [3.63, 3.8) is 0 Å². The van der Waals surface area contributed by atoms with Crippen molar-refractivity contribution in [2.75, 3.05) is 0 Å². The van der Waals surface area contributed by atoms with Crippen LogP contribution in [0.1, 0.15) is 40.0 Å². The van der Waals surface area contributed by atoms with Crippen LogP contribution in [0.5, 0.6) is 0 Å². The molecule has 1 N–H and O–H groups in total. The highest BCUT2D eigenvalue weighted by molar-refractivity contribution is 5.67. The van der Waals surface area contributed by atoms with Crippen LogP contribution in [0.25, 0.3) is 0 Å². The number of aliphatic carboxylic acids is 1. The average molecular weight is 170 g/mol. The van der Waals surface area contributed by atoms with Crippen molar-refractivity contribution in [1.29, 1.82) is 0 Å². The molecule has 0 amide bonds. The first kappa shape index (κ1) is 9.56. The van der Waals surface area contributed by atoms with Gasteiger partial charge in [0.15, 0.2) is 0 Å². The minimum Gasteiger partial charge on any atom is -0.481 e. The largest absolute Gasteiger partial charge is 0.481 e. The van der Waals surface area contributed by atoms with Crippen LogP contribution in [0.15, 0.2) is 0 Å². The second-order valence-electron chi connectivity index (χ2n) is 4.59. The molecule has 0 saturated heterocycles. The molecule has 12 heavy (non-hydrogen) atoms. The fraction of sp³-hybridized carbons (Fsp3) is 0.900. The van der Waals surface area contributed by atoms with E-state index in [9.17, 15) is 4.79 Å². The maximum absolute atomic E-state index is 10.5. The molecule has 2 nitrogen and oxygen atoms in total. The Balaban J connectivity index is 2.62. The molecule has 2 atom stereocenters. The van der Waals surface area contributed by atoms with Gasteiger partial charge < -0.3 is 5.11 Å². The molecule has 0 aliphatic heterocycles. The molecule has 2 heteroatoms. The highest BCUT2D eigenvalue weighted by atomic mass is 16.4. The number of carboxylic acids is 1. The minimum absolute atomic E-state index is 0.221. The molecule has 0 unspecified atom stereocenters. The second kappa shape index (κ2) is 3.08. The van der Waals surface area contributed by atoms with Crippen LogP contribution in [-0.4, -0.2) is 11.1 Å². The highest BCUT2D eigenvalue weighted by Crippen LogP contribution is 2.48. The molecule has 1 fully saturated rings. The zero-order valence-corrected chi connectivity index (χ0v) is 8.13. The van der Waals surface area contributed by atoms with Gasteiger partial charge in [-0.3, -0.25) is 4.79 Å². The number of carbonyl (C=O) groups is 1. The standard InChI is InChI=1S/C10H18O2/c1-7-4-5-8(6-9(11)12)10(7,2)3/h7-8H,4-6H2,1-3H3,(H,11,12)/t7-,8+/m1/s1. The van der Waals surface area contributed by atoms with E-state index in [0.29, 0.717) is 18.3 Å². The van der Waals surface area contributed by atoms with E-state index in [1.54, 1.807) is 0 Å². The SMILES string of the molecule is C[C@@H]1CC[C@@H](CC(=O)O)C1(C)C. The lowest BCUT2D eigenvalue weighted by molar-refractivity contribution is -0.139. The molecule has 70 valence electrons. The van der Waals surface area contributed by atoms with Crippen LogP contribution in [0.4, 0.5) is 0 Å². The van der Waals surface area contributed by atoms with E-state index in [1.807, 2.05) is 0 Å². The molecule has 0 spiro atoms. The fourth-order valence-electron chi connectivity index (χ4n) is 2.17. The molecule has 1 saturated carbocycles. The molecule has 0 aromatic rings. The van der Waals surface area contributed by atoms with Gasteiger partial charge in [-0.15, -0.1) is 0 Å². The third kappa shape index (κ3) is 1.62. The summed E-state index contributed by atoms with van der Waals surface area (Å²) in [4.78, 5) is 10.5. The van der Waals surface area contributed by atoms with Crippen molar-refractivity contribution in [1.82, 2.24) is 0 Å². The Labute approximate surface area is 74.0 Å². The van der Waals surface area contributed by atoms with E-state index < -0.39 is 5.97 Å². The monoisotopic (exact) mass is 170 g/mol. The van der Waals surface area contributed by atoms with E-state index in [4.69, 9.17) is 5.11 Å². The summed E-state index contributed by atoms with van der Waals surface area (Å²) in [5.41, 5.74) is 0.221. The third-order valence-electron chi connectivity index (χ3n) is 3.69. The molecule has 0 aromatic carbocycles. The second-order valence-corrected chi connectivity index (χ2v) is 4.59. The van der Waals surface area contributed by atoms with Crippen LogP contribution in [-0.2, 0) is 4.79 Å². The summed E-state index contributed by atoms with van der Waals surface area (Å²) >= 11 is 0. The van der Waals surface area contributed by atoms with Gasteiger partial charge in [0.25, 0.3) is 0 Å². The van der Waals surface area contributed by atoms with Crippen LogP contribution in [0.2, 0.25) is 0 Å². The summed E-state index contributed by atoms with van der Waals surface area (Å²) in [5.74, 6) is 0.397. The minimum atomic E-state index is -0.651. The van der Waals surface area contributed by atoms with Crippen molar-refractivity contribution in [3.8, 4) is 0 Å². The summed E-state index contributed by atoms with van der Waals surface area (Å²) in [6.07, 6.45) is 2.61. The first-order valence-electron chi connectivity index (χ1n) is 4.66. The average Bonchev–Trinajstić information content (AvgIpc) is 2.15. The van der Waals surface area contributed by atoms with Crippen molar-refractivity contribution < 1.29 is 9.90 Å². The summed E-state index contributed by atoms with van der Waals surface area (Å²) in [6.45, 7) is 6.61. The maximum atomic E-state index is 10.5. The van der Waals surface area contributed by atoms with Crippen molar-refractivity contribution in [2.24, 2.45) is 17.3 Å². The first-order chi connectivity index (χ1) is 5.44. The van der Waals surface area contributed by atoms with Gasteiger partial charge in [-0.25, -0.2) is 0 Å². The lowest BCUT2D eigenvalue weighted by Gasteiger charge is -2.30. The summed E-state index contributed by atoms with van der Waals surface area (Å²) in [6, 6.07) is 0. The smallest absolute Gasteiger partial charge is 0.303 e. The van der Waals surface area contributed by atoms with Gasteiger partial charge in [0.05, 0.1) is 0 Å². The van der Waals surface area contributed by atoms with Gasteiger partial charge in [0.2, 0.25) is 0 Å². The van der Waals surface area contributed by atoms with Crippen molar-refractivity contribution >= 4 is 5.97 Å². The first-order valence-corrected chi connectivity index (χ1v) is 4.66. The van der Waals surface area contributed by atoms with E-state index in [0.717, 1.165) is 6.42 Å². The maximum Gasteiger partial charge on any atom is 0.303 e. The van der Waals surface area contributed by atoms with Crippen LogP contribution < -0.4 is 0 Å². The molecule has 1 aliphatic carbocycles. The fourth-order valence-corrected chi connectivity index (χ4v) is 2.17. The molecular weight excluding hydrogens is 152 g/mol. The molecular formula is C10H18O2. The van der Waals surface area contributed by atoms with Gasteiger partial charge in [-0.2, -0.15) is 0 Å². The van der Waals surface area contributed by atoms with Gasteiger partial charge in [0, 0.05) is 6.42 Å². The van der Waals surface area contributed by atoms with E-state index >= 15 is 0 Å². The summed E-state index contributed by atoms with van der Waals surface area (Å²) < 4.78 is 0. The van der Waals surface area contributed by atoms with Crippen LogP contribution in [0.3, 0.4) is 0 Å². The molecule has 0 radical (unpaired) electrons. The van der Waals surface area contributed by atoms with Crippen molar-refractivity contribution in [2.45, 2.75) is 40.0 Å². The predicted molar refractivity (Wildman–Crippen MR) is 47.9 cm³/mol. The Morgan fingerprint density at radius 1 is 1.50 bits per heavy atom. The quantitative estimate of drug-likeness (QED) is 0.691. The van der Waals surface area contributed by atoms with Gasteiger partial charge in [0.1, 0.15) is 0 Å². The topological polar surface area (TPSA) is 37.3 Å². The lowest BCUT2D eigenvalue weighted by atomic mass is 9.75. The number of hydrogen-bond acceptors (Lipinski definition) is 1. The zero-order chi connectivity index (χ0) is 9.35. The zero-order valence-electron chi connectivity index (χ0n) is 8.13. The van der Waals surface area contributed by atoms with Gasteiger partial charge in [-0.1, -0.05) is 20.8 Å². The lowest BCUT2D eigenvalue weighted by Crippen LogP contribution is -2.25. The van der Waals surface area contributed by atoms with Gasteiger partial charge >= 0.3 is 5.97 Å². The third-order valence-corrected chi connectivity index (χ3v) is 3.69. The molecule has 0 heterocycles. The van der Waals surface area contributed by atoms with Crippen molar-refractivity contribution in [3.05, 3.63) is 0 Å². The Hall–Kier alpha value is -0.530. The number of hydrogen-bond donors (Lipinski definition) is 1. The Kier molecular flexibility index (Phi) is 2.45. The Morgan fingerprint density at radius 2 is 2.08 bits per heavy atom. The van der Waals surface area contributed by atoms with Crippen LogP contribution >= 0.6 is 0 Å². The number of carboxylic acid groups (broad SMARTS) is 1. The molecule has 0 aromatic heterocycles. The summed E-state index contributed by atoms with van der Waals surface area (Å²) in [7, 11) is 0. The normalized spacial score (nSPS) is 33.6.